The number of hydrogen-bond acceptors (Lipinski definition) is 4. The van der Waals surface area contributed by atoms with Crippen LogP contribution in [0.5, 0.6) is 0 Å². The van der Waals surface area contributed by atoms with Crippen LogP contribution in [0.3, 0.4) is 0 Å². The third kappa shape index (κ3) is 2.42. The first-order chi connectivity index (χ1) is 12.7. The van der Waals surface area contributed by atoms with Gasteiger partial charge < -0.3 is 9.80 Å². The van der Waals surface area contributed by atoms with E-state index in [0.717, 1.165) is 42.9 Å². The highest BCUT2D eigenvalue weighted by Crippen LogP contribution is 2.34. The van der Waals surface area contributed by atoms with Crippen molar-refractivity contribution in [2.24, 2.45) is 11.8 Å². The molecule has 2 fully saturated rings. The summed E-state index contributed by atoms with van der Waals surface area (Å²) >= 11 is 0. The molecule has 0 spiro atoms. The molecule has 2 aliphatic rings. The number of para-hydroxylation sites is 1. The highest BCUT2D eigenvalue weighted by atomic mass is 19.1. The number of likely N-dealkylation sites (tertiary alicyclic amines) is 1. The molecule has 2 unspecified atom stereocenters. The first-order valence-electron chi connectivity index (χ1n) is 8.78. The van der Waals surface area contributed by atoms with Crippen LogP contribution in [0, 0.1) is 17.7 Å². The van der Waals surface area contributed by atoms with Crippen LogP contribution in [0.2, 0.25) is 0 Å². The van der Waals surface area contributed by atoms with Crippen LogP contribution in [0.25, 0.3) is 10.9 Å². The lowest BCUT2D eigenvalue weighted by Gasteiger charge is -2.22. The van der Waals surface area contributed by atoms with Gasteiger partial charge in [-0.1, -0.05) is 18.2 Å². The summed E-state index contributed by atoms with van der Waals surface area (Å²) in [6.07, 6.45) is 1.25. The van der Waals surface area contributed by atoms with Crippen molar-refractivity contribution in [1.82, 2.24) is 20.1 Å². The number of aromatic amines is 1. The fourth-order valence-electron chi connectivity index (χ4n) is 4.18. The quantitative estimate of drug-likeness (QED) is 0.769. The topological polar surface area (TPSA) is 65.1 Å². The van der Waals surface area contributed by atoms with Crippen LogP contribution in [0.1, 0.15) is 10.5 Å². The first kappa shape index (κ1) is 15.3. The minimum Gasteiger partial charge on any atom is -0.356 e. The molecule has 1 amide bonds. The normalized spacial score (nSPS) is 22.2. The van der Waals surface area contributed by atoms with Gasteiger partial charge in [-0.25, -0.2) is 9.37 Å². The van der Waals surface area contributed by atoms with Crippen molar-refractivity contribution in [2.75, 3.05) is 31.1 Å². The van der Waals surface area contributed by atoms with Crippen molar-refractivity contribution in [1.29, 1.82) is 0 Å². The van der Waals surface area contributed by atoms with Crippen molar-refractivity contribution in [3.8, 4) is 0 Å². The number of pyridine rings is 1. The van der Waals surface area contributed by atoms with Gasteiger partial charge in [0.15, 0.2) is 5.69 Å². The Bertz CT molecular complexity index is 955. The van der Waals surface area contributed by atoms with Crippen LogP contribution in [0.4, 0.5) is 10.2 Å². The second-order valence-electron chi connectivity index (χ2n) is 7.09. The van der Waals surface area contributed by atoms with Crippen molar-refractivity contribution in [3.63, 3.8) is 0 Å². The van der Waals surface area contributed by atoms with Crippen LogP contribution in [0.15, 0.2) is 42.6 Å². The molecule has 2 atom stereocenters. The predicted octanol–water partition coefficient (Wildman–Crippen LogP) is 2.31. The van der Waals surface area contributed by atoms with Gasteiger partial charge in [0, 0.05) is 43.4 Å². The highest BCUT2D eigenvalue weighted by molar-refractivity contribution is 6.04. The molecule has 5 rings (SSSR count). The van der Waals surface area contributed by atoms with Gasteiger partial charge in [-0.3, -0.25) is 9.89 Å². The number of carbonyl (C=O) groups excluding carboxylic acids is 1. The van der Waals surface area contributed by atoms with E-state index in [1.165, 1.54) is 12.3 Å². The Labute approximate surface area is 149 Å². The summed E-state index contributed by atoms with van der Waals surface area (Å²) in [6, 6.07) is 10.8. The fourth-order valence-corrected chi connectivity index (χ4v) is 4.18. The predicted molar refractivity (Wildman–Crippen MR) is 95.4 cm³/mol. The van der Waals surface area contributed by atoms with Crippen molar-refractivity contribution in [3.05, 3.63) is 54.1 Å². The fraction of sp³-hybridized carbons (Fsp3) is 0.316. The van der Waals surface area contributed by atoms with Gasteiger partial charge in [0.05, 0.1) is 11.7 Å². The summed E-state index contributed by atoms with van der Waals surface area (Å²) in [5, 5.41) is 8.03. The van der Waals surface area contributed by atoms with E-state index in [9.17, 15) is 9.18 Å². The number of amides is 1. The number of benzene rings is 1. The van der Waals surface area contributed by atoms with Crippen LogP contribution in [-0.2, 0) is 0 Å². The maximum absolute atomic E-state index is 13.1. The van der Waals surface area contributed by atoms with E-state index in [0.29, 0.717) is 17.5 Å². The van der Waals surface area contributed by atoms with E-state index in [4.69, 9.17) is 0 Å². The number of rotatable bonds is 2. The number of carbonyl (C=O) groups is 1. The lowest BCUT2D eigenvalue weighted by molar-refractivity contribution is 0.0778. The molecule has 6 nitrogen and oxygen atoms in total. The van der Waals surface area contributed by atoms with Crippen LogP contribution < -0.4 is 4.90 Å². The summed E-state index contributed by atoms with van der Waals surface area (Å²) in [5.74, 6) is 1.29. The minimum atomic E-state index is -0.323. The van der Waals surface area contributed by atoms with Crippen molar-refractivity contribution in [2.45, 2.75) is 0 Å². The zero-order chi connectivity index (χ0) is 17.7. The Balaban J connectivity index is 1.30. The Hall–Kier alpha value is -2.96. The number of nitrogens with one attached hydrogen (secondary N) is 1. The Morgan fingerprint density at radius 3 is 2.58 bits per heavy atom. The molecule has 132 valence electrons. The summed E-state index contributed by atoms with van der Waals surface area (Å²) in [6.45, 7) is 3.13. The molecular formula is C19H18FN5O. The number of anilines is 1. The van der Waals surface area contributed by atoms with Gasteiger partial charge in [0.25, 0.3) is 5.91 Å². The molecule has 0 radical (unpaired) electrons. The number of nitrogens with zero attached hydrogens (tertiary/aromatic N) is 4. The Morgan fingerprint density at radius 1 is 1.08 bits per heavy atom. The second-order valence-corrected chi connectivity index (χ2v) is 7.09. The first-order valence-corrected chi connectivity index (χ1v) is 8.78. The molecule has 2 aromatic heterocycles. The lowest BCUT2D eigenvalue weighted by Crippen LogP contribution is -2.33. The van der Waals surface area contributed by atoms with Gasteiger partial charge >= 0.3 is 0 Å². The van der Waals surface area contributed by atoms with E-state index in [2.05, 4.69) is 20.1 Å². The number of fused-ring (bicyclic) bond motifs is 2. The standard InChI is InChI=1S/C19H18FN5O/c20-14-5-6-17(21-7-14)24-8-12-10-25(11-13(12)9-24)19(26)18-15-3-1-2-4-16(15)22-23-18/h1-7,12-13H,8-11H2,(H,22,23). The largest absolute Gasteiger partial charge is 0.356 e. The van der Waals surface area contributed by atoms with Gasteiger partial charge in [-0.05, 0) is 18.2 Å². The minimum absolute atomic E-state index is 0.0108. The Morgan fingerprint density at radius 2 is 1.85 bits per heavy atom. The smallest absolute Gasteiger partial charge is 0.275 e. The van der Waals surface area contributed by atoms with E-state index < -0.39 is 0 Å². The summed E-state index contributed by atoms with van der Waals surface area (Å²) in [5.41, 5.74) is 1.38. The maximum Gasteiger partial charge on any atom is 0.275 e. The summed E-state index contributed by atoms with van der Waals surface area (Å²) < 4.78 is 13.1. The van der Waals surface area contributed by atoms with Crippen LogP contribution >= 0.6 is 0 Å². The van der Waals surface area contributed by atoms with E-state index in [1.54, 1.807) is 6.07 Å². The maximum atomic E-state index is 13.1. The monoisotopic (exact) mass is 351 g/mol. The molecular weight excluding hydrogens is 333 g/mol. The number of H-pyrrole nitrogens is 1. The third-order valence-electron chi connectivity index (χ3n) is 5.48. The second kappa shape index (κ2) is 5.79. The molecule has 0 bridgehead atoms. The molecule has 3 aromatic rings. The lowest BCUT2D eigenvalue weighted by atomic mass is 10.0. The van der Waals surface area contributed by atoms with Gasteiger partial charge in [-0.15, -0.1) is 0 Å². The molecule has 0 saturated carbocycles. The zero-order valence-corrected chi connectivity index (χ0v) is 14.1. The number of halogens is 1. The van der Waals surface area contributed by atoms with E-state index in [1.807, 2.05) is 29.2 Å². The summed E-state index contributed by atoms with van der Waals surface area (Å²) in [4.78, 5) is 21.2. The van der Waals surface area contributed by atoms with E-state index in [-0.39, 0.29) is 11.7 Å². The Kier molecular flexibility index (Phi) is 3.41. The van der Waals surface area contributed by atoms with Gasteiger partial charge in [0.1, 0.15) is 11.6 Å². The third-order valence-corrected chi connectivity index (χ3v) is 5.48. The molecule has 0 aliphatic carbocycles. The molecule has 1 N–H and O–H groups in total. The van der Waals surface area contributed by atoms with Crippen molar-refractivity contribution >= 4 is 22.6 Å². The highest BCUT2D eigenvalue weighted by Gasteiger charge is 2.42. The molecule has 1 aromatic carbocycles. The number of aromatic nitrogens is 3. The average Bonchev–Trinajstić information content (AvgIpc) is 3.34. The SMILES string of the molecule is O=C(c1n[nH]c2ccccc12)N1CC2CN(c3ccc(F)cn3)CC2C1. The molecule has 7 heteroatoms. The van der Waals surface area contributed by atoms with E-state index >= 15 is 0 Å². The molecule has 2 saturated heterocycles. The zero-order valence-electron chi connectivity index (χ0n) is 14.1. The molecule has 26 heavy (non-hydrogen) atoms. The average molecular weight is 351 g/mol. The van der Waals surface area contributed by atoms with Gasteiger partial charge in [0.2, 0.25) is 0 Å². The molecule has 2 aliphatic heterocycles. The van der Waals surface area contributed by atoms with Crippen molar-refractivity contribution < 1.29 is 9.18 Å². The van der Waals surface area contributed by atoms with Crippen LogP contribution in [-0.4, -0.2) is 52.2 Å². The summed E-state index contributed by atoms with van der Waals surface area (Å²) in [7, 11) is 0. The van der Waals surface area contributed by atoms with Gasteiger partial charge in [-0.2, -0.15) is 5.10 Å². The number of hydrogen-bond donors (Lipinski definition) is 1. The molecule has 4 heterocycles.